The number of hydrogen-bond donors (Lipinski definition) is 1. The van der Waals surface area contributed by atoms with Gasteiger partial charge in [-0.3, -0.25) is 9.59 Å². The zero-order chi connectivity index (χ0) is 14.3. The normalized spacial score (nSPS) is 10.2. The van der Waals surface area contributed by atoms with E-state index in [2.05, 4.69) is 0 Å². The van der Waals surface area contributed by atoms with Crippen LogP contribution in [0, 0.1) is 6.92 Å². The van der Waals surface area contributed by atoms with Crippen LogP contribution in [0.25, 0.3) is 0 Å². The van der Waals surface area contributed by atoms with E-state index in [1.807, 2.05) is 32.0 Å². The number of anilines is 1. The Morgan fingerprint density at radius 1 is 1.32 bits per heavy atom. The minimum atomic E-state index is -0.928. The molecule has 0 radical (unpaired) electrons. The summed E-state index contributed by atoms with van der Waals surface area (Å²) in [4.78, 5) is 24.2. The molecule has 0 saturated carbocycles. The lowest BCUT2D eigenvalue weighted by Crippen LogP contribution is -2.36. The molecule has 1 aromatic rings. The first-order valence-electron chi connectivity index (χ1n) is 6.21. The Bertz CT molecular complexity index is 445. The van der Waals surface area contributed by atoms with Crippen molar-refractivity contribution in [2.75, 3.05) is 24.7 Å². The number of amides is 1. The number of carbonyl (C=O) groups is 2. The van der Waals surface area contributed by atoms with Gasteiger partial charge in [0, 0.05) is 18.8 Å². The van der Waals surface area contributed by atoms with E-state index in [9.17, 15) is 9.59 Å². The first-order chi connectivity index (χ1) is 9.06. The number of carboxylic acid groups (broad SMARTS) is 1. The summed E-state index contributed by atoms with van der Waals surface area (Å²) in [5.74, 6) is -1.15. The van der Waals surface area contributed by atoms with Gasteiger partial charge in [0.2, 0.25) is 0 Å². The Balaban J connectivity index is 2.88. The van der Waals surface area contributed by atoms with Crippen molar-refractivity contribution in [2.24, 2.45) is 0 Å². The maximum Gasteiger partial charge on any atom is 0.305 e. The number of benzene rings is 1. The second-order valence-corrected chi connectivity index (χ2v) is 4.11. The first-order valence-corrected chi connectivity index (χ1v) is 6.21. The van der Waals surface area contributed by atoms with Crippen molar-refractivity contribution < 1.29 is 19.4 Å². The number of carboxylic acids is 1. The van der Waals surface area contributed by atoms with Gasteiger partial charge in [-0.2, -0.15) is 0 Å². The van der Waals surface area contributed by atoms with E-state index in [4.69, 9.17) is 9.84 Å². The molecule has 0 unspecified atom stereocenters. The van der Waals surface area contributed by atoms with Gasteiger partial charge in [0.25, 0.3) is 5.91 Å². The van der Waals surface area contributed by atoms with Crippen LogP contribution in [-0.4, -0.2) is 36.7 Å². The van der Waals surface area contributed by atoms with Crippen LogP contribution in [0.3, 0.4) is 0 Å². The van der Waals surface area contributed by atoms with Crippen LogP contribution in [0.5, 0.6) is 0 Å². The van der Waals surface area contributed by atoms with Crippen molar-refractivity contribution in [1.82, 2.24) is 0 Å². The SMILES string of the molecule is CCOCC(=O)N(CCC(=O)O)c1ccccc1C. The van der Waals surface area contributed by atoms with E-state index in [1.54, 1.807) is 6.07 Å². The first kappa shape index (κ1) is 15.2. The molecule has 1 rings (SSSR count). The number of para-hydroxylation sites is 1. The molecule has 5 heteroatoms. The number of hydrogen-bond acceptors (Lipinski definition) is 3. The van der Waals surface area contributed by atoms with Gasteiger partial charge in [0.15, 0.2) is 0 Å². The fraction of sp³-hybridized carbons (Fsp3) is 0.429. The monoisotopic (exact) mass is 265 g/mol. The number of ether oxygens (including phenoxy) is 1. The molecule has 0 aromatic heterocycles. The minimum absolute atomic E-state index is 0.0372. The summed E-state index contributed by atoms with van der Waals surface area (Å²) in [5, 5.41) is 8.77. The summed E-state index contributed by atoms with van der Waals surface area (Å²) in [5.41, 5.74) is 1.66. The summed E-state index contributed by atoms with van der Waals surface area (Å²) in [6.45, 7) is 4.25. The van der Waals surface area contributed by atoms with Crippen LogP contribution >= 0.6 is 0 Å². The number of nitrogens with zero attached hydrogens (tertiary/aromatic N) is 1. The molecule has 0 spiro atoms. The third-order valence-corrected chi connectivity index (χ3v) is 2.69. The smallest absolute Gasteiger partial charge is 0.305 e. The zero-order valence-corrected chi connectivity index (χ0v) is 11.3. The predicted octanol–water partition coefficient (Wildman–Crippen LogP) is 1.84. The van der Waals surface area contributed by atoms with Gasteiger partial charge in [0.05, 0.1) is 6.42 Å². The van der Waals surface area contributed by atoms with Crippen LogP contribution in [0.4, 0.5) is 5.69 Å². The second-order valence-electron chi connectivity index (χ2n) is 4.11. The lowest BCUT2D eigenvalue weighted by molar-refractivity contribution is -0.136. The van der Waals surface area contributed by atoms with E-state index in [-0.39, 0.29) is 25.5 Å². The fourth-order valence-electron chi connectivity index (χ4n) is 1.72. The van der Waals surface area contributed by atoms with Crippen molar-refractivity contribution in [3.05, 3.63) is 29.8 Å². The van der Waals surface area contributed by atoms with Crippen LogP contribution < -0.4 is 4.90 Å². The van der Waals surface area contributed by atoms with E-state index in [0.29, 0.717) is 6.61 Å². The average Bonchev–Trinajstić information content (AvgIpc) is 2.38. The highest BCUT2D eigenvalue weighted by molar-refractivity contribution is 5.95. The molecule has 5 nitrogen and oxygen atoms in total. The maximum atomic E-state index is 12.1. The standard InChI is InChI=1S/C14H19NO4/c1-3-19-10-13(16)15(9-8-14(17)18)12-7-5-4-6-11(12)2/h4-7H,3,8-10H2,1-2H3,(H,17,18). The highest BCUT2D eigenvalue weighted by Crippen LogP contribution is 2.20. The molecule has 0 heterocycles. The lowest BCUT2D eigenvalue weighted by Gasteiger charge is -2.23. The van der Waals surface area contributed by atoms with E-state index in [1.165, 1.54) is 4.90 Å². The largest absolute Gasteiger partial charge is 0.481 e. The van der Waals surface area contributed by atoms with Crippen LogP contribution in [0.1, 0.15) is 18.9 Å². The van der Waals surface area contributed by atoms with Crippen LogP contribution in [0.15, 0.2) is 24.3 Å². The molecule has 1 N–H and O–H groups in total. The third-order valence-electron chi connectivity index (χ3n) is 2.69. The van der Waals surface area contributed by atoms with Gasteiger partial charge in [-0.25, -0.2) is 0 Å². The zero-order valence-electron chi connectivity index (χ0n) is 11.3. The molecule has 1 amide bonds. The number of aliphatic carboxylic acids is 1. The van der Waals surface area contributed by atoms with Crippen molar-refractivity contribution in [1.29, 1.82) is 0 Å². The highest BCUT2D eigenvalue weighted by atomic mass is 16.5. The predicted molar refractivity (Wildman–Crippen MR) is 72.3 cm³/mol. The van der Waals surface area contributed by atoms with Crippen LogP contribution in [0.2, 0.25) is 0 Å². The number of aryl methyl sites for hydroxylation is 1. The molecule has 19 heavy (non-hydrogen) atoms. The number of carbonyl (C=O) groups excluding carboxylic acids is 1. The molecular weight excluding hydrogens is 246 g/mol. The summed E-state index contributed by atoms with van der Waals surface area (Å²) in [7, 11) is 0. The van der Waals surface area contributed by atoms with E-state index >= 15 is 0 Å². The second kappa shape index (κ2) is 7.53. The van der Waals surface area contributed by atoms with Crippen molar-refractivity contribution in [3.8, 4) is 0 Å². The molecule has 104 valence electrons. The van der Waals surface area contributed by atoms with Crippen molar-refractivity contribution in [3.63, 3.8) is 0 Å². The van der Waals surface area contributed by atoms with Gasteiger partial charge >= 0.3 is 5.97 Å². The molecule has 0 aliphatic heterocycles. The van der Waals surface area contributed by atoms with Gasteiger partial charge in [-0.05, 0) is 25.5 Å². The van der Waals surface area contributed by atoms with Crippen LogP contribution in [-0.2, 0) is 14.3 Å². The number of rotatable bonds is 7. The molecule has 1 aromatic carbocycles. The minimum Gasteiger partial charge on any atom is -0.481 e. The van der Waals surface area contributed by atoms with E-state index < -0.39 is 5.97 Å². The fourth-order valence-corrected chi connectivity index (χ4v) is 1.72. The molecule has 0 saturated heterocycles. The summed E-state index contributed by atoms with van der Waals surface area (Å²) < 4.78 is 5.11. The summed E-state index contributed by atoms with van der Waals surface area (Å²) >= 11 is 0. The van der Waals surface area contributed by atoms with E-state index in [0.717, 1.165) is 11.3 Å². The van der Waals surface area contributed by atoms with Gasteiger partial charge in [-0.1, -0.05) is 18.2 Å². The Kier molecular flexibility index (Phi) is 6.02. The molecule has 0 bridgehead atoms. The summed E-state index contributed by atoms with van der Waals surface area (Å²) in [6, 6.07) is 7.39. The summed E-state index contributed by atoms with van der Waals surface area (Å²) in [6.07, 6.45) is -0.0911. The van der Waals surface area contributed by atoms with Crippen molar-refractivity contribution in [2.45, 2.75) is 20.3 Å². The highest BCUT2D eigenvalue weighted by Gasteiger charge is 2.18. The molecule has 0 aliphatic rings. The Labute approximate surface area is 112 Å². The topological polar surface area (TPSA) is 66.8 Å². The third kappa shape index (κ3) is 4.71. The molecule has 0 fully saturated rings. The van der Waals surface area contributed by atoms with Gasteiger partial charge < -0.3 is 14.7 Å². The molecule has 0 aliphatic carbocycles. The molecule has 0 atom stereocenters. The van der Waals surface area contributed by atoms with Crippen molar-refractivity contribution >= 4 is 17.6 Å². The Hall–Kier alpha value is -1.88. The molecular formula is C14H19NO4. The quantitative estimate of drug-likeness (QED) is 0.817. The average molecular weight is 265 g/mol. The maximum absolute atomic E-state index is 12.1. The Morgan fingerprint density at radius 3 is 2.58 bits per heavy atom. The van der Waals surface area contributed by atoms with Gasteiger partial charge in [-0.15, -0.1) is 0 Å². The Morgan fingerprint density at radius 2 is 2.00 bits per heavy atom. The van der Waals surface area contributed by atoms with Gasteiger partial charge in [0.1, 0.15) is 6.61 Å². The lowest BCUT2D eigenvalue weighted by atomic mass is 10.1.